The third-order valence-electron chi connectivity index (χ3n) is 6.30. The summed E-state index contributed by atoms with van der Waals surface area (Å²) in [5.41, 5.74) is 4.94. The number of carbonyl (C=O) groups is 3. The number of carbonyl (C=O) groups excluding carboxylic acids is 3. The van der Waals surface area contributed by atoms with Crippen LogP contribution in [0.5, 0.6) is 5.75 Å². The highest BCUT2D eigenvalue weighted by atomic mass is 35.5. The Morgan fingerprint density at radius 2 is 1.92 bits per heavy atom. The number of amides is 2. The van der Waals surface area contributed by atoms with E-state index < -0.39 is 18.0 Å². The van der Waals surface area contributed by atoms with Gasteiger partial charge < -0.3 is 14.8 Å². The van der Waals surface area contributed by atoms with Crippen molar-refractivity contribution in [3.05, 3.63) is 80.7 Å². The first-order chi connectivity index (χ1) is 18.8. The van der Waals surface area contributed by atoms with Gasteiger partial charge in [-0.15, -0.1) is 11.3 Å². The maximum Gasteiger partial charge on any atom is 0.341 e. The minimum absolute atomic E-state index is 0.263. The largest absolute Gasteiger partial charge is 0.481 e. The number of hydrogen-bond donors (Lipinski definition) is 2. The lowest BCUT2D eigenvalue weighted by atomic mass is 9.88. The monoisotopic (exact) mass is 567 g/mol. The van der Waals surface area contributed by atoms with Crippen molar-refractivity contribution < 1.29 is 23.9 Å². The van der Waals surface area contributed by atoms with Crippen LogP contribution in [-0.2, 0) is 22.4 Å². The summed E-state index contributed by atoms with van der Waals surface area (Å²) in [6, 6.07) is 13.6. The number of halogens is 1. The highest BCUT2D eigenvalue weighted by Crippen LogP contribution is 2.40. The van der Waals surface area contributed by atoms with Gasteiger partial charge in [-0.05, 0) is 74.9 Å². The lowest BCUT2D eigenvalue weighted by Gasteiger charge is -2.18. The number of nitrogens with zero attached hydrogens (tertiary/aromatic N) is 1. The van der Waals surface area contributed by atoms with Crippen LogP contribution in [-0.4, -0.2) is 36.7 Å². The van der Waals surface area contributed by atoms with Crippen LogP contribution in [0.4, 0.5) is 5.00 Å². The molecule has 0 radical (unpaired) electrons. The van der Waals surface area contributed by atoms with Crippen molar-refractivity contribution in [3.8, 4) is 5.75 Å². The van der Waals surface area contributed by atoms with Crippen LogP contribution in [0.3, 0.4) is 0 Å². The Balaban J connectivity index is 1.38. The molecule has 8 nitrogen and oxygen atoms in total. The Labute approximate surface area is 236 Å². The van der Waals surface area contributed by atoms with E-state index in [9.17, 15) is 14.4 Å². The van der Waals surface area contributed by atoms with Gasteiger partial charge in [-0.1, -0.05) is 36.7 Å². The van der Waals surface area contributed by atoms with Crippen molar-refractivity contribution >= 4 is 51.9 Å². The zero-order valence-corrected chi connectivity index (χ0v) is 23.5. The second-order valence-corrected chi connectivity index (χ2v) is 10.8. The van der Waals surface area contributed by atoms with E-state index in [0.717, 1.165) is 29.7 Å². The lowest BCUT2D eigenvalue weighted by Crippen LogP contribution is -2.33. The number of nitrogens with one attached hydrogen (secondary N) is 2. The standard InChI is InChI=1S/C29H30ClN3O5S/c1-4-37-29(36)25-22-14-9-17(2)15-24(22)39-28(25)32-27(35)19-10-12-21(13-11-19)38-18(3)26(34)33-31-16-20-7-5-6-8-23(20)30/h5-8,10-13,16-18H,4,9,14-15H2,1-3H3,(H,32,35)(H,33,34)/b31-16+. The summed E-state index contributed by atoms with van der Waals surface area (Å²) >= 11 is 7.52. The third kappa shape index (κ3) is 7.04. The van der Waals surface area contributed by atoms with Crippen LogP contribution in [0.25, 0.3) is 0 Å². The van der Waals surface area contributed by atoms with E-state index in [2.05, 4.69) is 22.8 Å². The molecule has 0 saturated carbocycles. The maximum atomic E-state index is 13.0. The van der Waals surface area contributed by atoms with Crippen LogP contribution in [0.15, 0.2) is 53.6 Å². The fraction of sp³-hybridized carbons (Fsp3) is 0.310. The first kappa shape index (κ1) is 28.3. The molecule has 39 heavy (non-hydrogen) atoms. The van der Waals surface area contributed by atoms with Crippen LogP contribution < -0.4 is 15.5 Å². The Kier molecular flexibility index (Phi) is 9.37. The molecule has 2 unspecified atom stereocenters. The Morgan fingerprint density at radius 1 is 1.18 bits per heavy atom. The van der Waals surface area contributed by atoms with Crippen LogP contribution in [0.2, 0.25) is 5.02 Å². The molecular weight excluding hydrogens is 538 g/mol. The SMILES string of the molecule is CCOC(=O)c1c(NC(=O)c2ccc(OC(C)C(=O)N/N=C/c3ccccc3Cl)cc2)sc2c1CCC(C)C2. The number of ether oxygens (including phenoxy) is 2. The zero-order valence-electron chi connectivity index (χ0n) is 22.0. The van der Waals surface area contributed by atoms with Crippen molar-refractivity contribution in [2.24, 2.45) is 11.0 Å². The fourth-order valence-corrected chi connectivity index (χ4v) is 5.79. The molecule has 4 rings (SSSR count). The molecule has 2 aromatic carbocycles. The summed E-state index contributed by atoms with van der Waals surface area (Å²) < 4.78 is 11.0. The molecule has 2 N–H and O–H groups in total. The fourth-order valence-electron chi connectivity index (χ4n) is 4.21. The van der Waals surface area contributed by atoms with E-state index in [1.54, 1.807) is 56.3 Å². The minimum Gasteiger partial charge on any atom is -0.481 e. The van der Waals surface area contributed by atoms with Crippen molar-refractivity contribution in [1.82, 2.24) is 5.43 Å². The van der Waals surface area contributed by atoms with Gasteiger partial charge in [0.15, 0.2) is 6.10 Å². The summed E-state index contributed by atoms with van der Waals surface area (Å²) in [6.45, 7) is 5.81. The predicted molar refractivity (Wildman–Crippen MR) is 153 cm³/mol. The number of esters is 1. The molecule has 0 fully saturated rings. The molecule has 0 aliphatic heterocycles. The number of thiophene rings is 1. The molecule has 2 amide bonds. The molecule has 1 aliphatic rings. The van der Waals surface area contributed by atoms with Gasteiger partial charge in [-0.2, -0.15) is 5.10 Å². The third-order valence-corrected chi connectivity index (χ3v) is 7.81. The second kappa shape index (κ2) is 12.9. The van der Waals surface area contributed by atoms with Crippen LogP contribution in [0.1, 0.15) is 63.9 Å². The Morgan fingerprint density at radius 3 is 2.64 bits per heavy atom. The molecular formula is C29H30ClN3O5S. The number of fused-ring (bicyclic) bond motifs is 1. The Hall–Kier alpha value is -3.69. The molecule has 2 atom stereocenters. The van der Waals surface area contributed by atoms with E-state index in [0.29, 0.717) is 38.4 Å². The molecule has 1 aromatic heterocycles. The molecule has 1 aliphatic carbocycles. The normalized spacial score (nSPS) is 15.3. The quantitative estimate of drug-likeness (QED) is 0.191. The topological polar surface area (TPSA) is 106 Å². The first-order valence-corrected chi connectivity index (χ1v) is 13.9. The summed E-state index contributed by atoms with van der Waals surface area (Å²) in [7, 11) is 0. The smallest absolute Gasteiger partial charge is 0.341 e. The van der Waals surface area contributed by atoms with Gasteiger partial charge in [0.05, 0.1) is 18.4 Å². The Bertz CT molecular complexity index is 1390. The van der Waals surface area contributed by atoms with E-state index in [4.69, 9.17) is 21.1 Å². The first-order valence-electron chi connectivity index (χ1n) is 12.7. The van der Waals surface area contributed by atoms with Gasteiger partial charge >= 0.3 is 5.97 Å². The van der Waals surface area contributed by atoms with Crippen LogP contribution in [0, 0.1) is 5.92 Å². The summed E-state index contributed by atoms with van der Waals surface area (Å²) in [4.78, 5) is 39.2. The number of hydrogen-bond acceptors (Lipinski definition) is 7. The molecule has 0 spiro atoms. The zero-order chi connectivity index (χ0) is 27.9. The summed E-state index contributed by atoms with van der Waals surface area (Å²) in [6.07, 6.45) is 3.29. The number of anilines is 1. The van der Waals surface area contributed by atoms with Crippen molar-refractivity contribution in [2.45, 2.75) is 46.1 Å². The van der Waals surface area contributed by atoms with Gasteiger partial charge in [-0.3, -0.25) is 9.59 Å². The van der Waals surface area contributed by atoms with Gasteiger partial charge in [0, 0.05) is 21.0 Å². The van der Waals surface area contributed by atoms with Crippen molar-refractivity contribution in [1.29, 1.82) is 0 Å². The van der Waals surface area contributed by atoms with Gasteiger partial charge in [0.25, 0.3) is 11.8 Å². The van der Waals surface area contributed by atoms with Crippen LogP contribution >= 0.6 is 22.9 Å². The van der Waals surface area contributed by atoms with E-state index in [1.807, 2.05) is 6.07 Å². The van der Waals surface area contributed by atoms with Crippen molar-refractivity contribution in [3.63, 3.8) is 0 Å². The van der Waals surface area contributed by atoms with Gasteiger partial charge in [0.1, 0.15) is 10.8 Å². The van der Waals surface area contributed by atoms with Gasteiger partial charge in [0.2, 0.25) is 0 Å². The number of rotatable bonds is 9. The second-order valence-electron chi connectivity index (χ2n) is 9.27. The maximum absolute atomic E-state index is 13.0. The number of benzene rings is 2. The van der Waals surface area contributed by atoms with E-state index >= 15 is 0 Å². The average molecular weight is 568 g/mol. The van der Waals surface area contributed by atoms with E-state index in [-0.39, 0.29) is 12.5 Å². The lowest BCUT2D eigenvalue weighted by molar-refractivity contribution is -0.127. The summed E-state index contributed by atoms with van der Waals surface area (Å²) in [5, 5.41) is 7.87. The molecule has 3 aromatic rings. The molecule has 204 valence electrons. The van der Waals surface area contributed by atoms with Crippen molar-refractivity contribution in [2.75, 3.05) is 11.9 Å². The highest BCUT2D eigenvalue weighted by molar-refractivity contribution is 7.17. The van der Waals surface area contributed by atoms with E-state index in [1.165, 1.54) is 17.6 Å². The molecule has 0 saturated heterocycles. The highest BCUT2D eigenvalue weighted by Gasteiger charge is 2.29. The molecule has 0 bridgehead atoms. The average Bonchev–Trinajstić information content (AvgIpc) is 3.26. The van der Waals surface area contributed by atoms with Gasteiger partial charge in [-0.25, -0.2) is 10.2 Å². The number of hydrazone groups is 1. The molecule has 1 heterocycles. The molecule has 10 heteroatoms. The summed E-state index contributed by atoms with van der Waals surface area (Å²) in [5.74, 6) is -0.258. The predicted octanol–water partition coefficient (Wildman–Crippen LogP) is 5.87. The minimum atomic E-state index is -0.833.